The summed E-state index contributed by atoms with van der Waals surface area (Å²) in [4.78, 5) is 0. The van der Waals surface area contributed by atoms with Crippen LogP contribution in [-0.2, 0) is 0 Å². The summed E-state index contributed by atoms with van der Waals surface area (Å²) in [7, 11) is 0. The van der Waals surface area contributed by atoms with Crippen molar-refractivity contribution in [1.82, 2.24) is 0 Å². The summed E-state index contributed by atoms with van der Waals surface area (Å²) in [5.41, 5.74) is -20.8. The van der Waals surface area contributed by atoms with Crippen molar-refractivity contribution in [1.29, 1.82) is 0 Å². The topological polar surface area (TPSA) is 0 Å². The summed E-state index contributed by atoms with van der Waals surface area (Å²) in [6.07, 6.45) is -6.76. The van der Waals surface area contributed by atoms with Gasteiger partial charge in [0.15, 0.2) is 93.1 Å². The number of halogens is 23. The molecule has 0 aliphatic heterocycles. The highest BCUT2D eigenvalue weighted by atomic mass is 19.4. The van der Waals surface area contributed by atoms with Crippen LogP contribution in [0.25, 0.3) is 33.4 Å². The Balaban J connectivity index is 2.35. The third-order valence-electron chi connectivity index (χ3n) is 8.12. The molecule has 0 bridgehead atoms. The minimum atomic E-state index is -6.76. The largest absolute Gasteiger partial charge is 0.417 e. The third-order valence-corrected chi connectivity index (χ3v) is 8.12. The standard InChI is InChI=1S/C34H5F23/c1-4(9-14(35)22(43)30(51)23(44)15(9)36)5-2-7(11-18(39)26(47)32(53)27(48)19(11)40)8(3-6(5)10-16(37)24(45)31(52)25(46)17(10)38)13(34(55,56)57)12-20(41)28(49)33(54)29(50)21(12)42/h2-3H,1H3/b5-4+,13-8-. The van der Waals surface area contributed by atoms with E-state index in [0.717, 1.165) is 0 Å². The maximum absolute atomic E-state index is 15.3. The van der Waals surface area contributed by atoms with E-state index in [1.165, 1.54) is 0 Å². The molecule has 0 heterocycles. The van der Waals surface area contributed by atoms with Crippen molar-refractivity contribution in [3.63, 3.8) is 0 Å². The molecule has 5 rings (SSSR count). The summed E-state index contributed by atoms with van der Waals surface area (Å²) < 4.78 is 337. The molecule has 302 valence electrons. The second kappa shape index (κ2) is 14.3. The van der Waals surface area contributed by atoms with E-state index in [2.05, 4.69) is 0 Å². The van der Waals surface area contributed by atoms with Crippen LogP contribution in [-0.4, -0.2) is 6.18 Å². The molecule has 0 spiro atoms. The van der Waals surface area contributed by atoms with Gasteiger partial charge in [-0.05, 0) is 46.2 Å². The first kappa shape index (κ1) is 42.4. The van der Waals surface area contributed by atoms with Crippen molar-refractivity contribution >= 4 is 11.1 Å². The smallest absolute Gasteiger partial charge is 0.203 e. The molecule has 0 radical (unpaired) electrons. The maximum Gasteiger partial charge on any atom is 0.417 e. The number of rotatable bonds is 4. The van der Waals surface area contributed by atoms with Gasteiger partial charge in [-0.3, -0.25) is 0 Å². The van der Waals surface area contributed by atoms with Gasteiger partial charge in [-0.15, -0.1) is 0 Å². The van der Waals surface area contributed by atoms with Crippen molar-refractivity contribution in [3.8, 4) is 22.3 Å². The van der Waals surface area contributed by atoms with Gasteiger partial charge >= 0.3 is 6.18 Å². The molecule has 0 aliphatic carbocycles. The van der Waals surface area contributed by atoms with Crippen LogP contribution < -0.4 is 10.4 Å². The van der Waals surface area contributed by atoms with E-state index >= 15 is 35.1 Å². The molecule has 0 nitrogen and oxygen atoms in total. The molecule has 0 amide bonds. The van der Waals surface area contributed by atoms with Crippen LogP contribution in [0.5, 0.6) is 0 Å². The first-order valence-electron chi connectivity index (χ1n) is 14.3. The zero-order valence-corrected chi connectivity index (χ0v) is 26.3. The van der Waals surface area contributed by atoms with Gasteiger partial charge in [-0.1, -0.05) is 0 Å². The molecule has 0 fully saturated rings. The number of hydrogen-bond donors (Lipinski definition) is 0. The fourth-order valence-corrected chi connectivity index (χ4v) is 5.54. The van der Waals surface area contributed by atoms with E-state index < -0.39 is 190 Å². The Labute approximate surface area is 298 Å². The third kappa shape index (κ3) is 6.30. The Morgan fingerprint density at radius 1 is 0.316 bits per heavy atom. The number of benzene rings is 5. The van der Waals surface area contributed by atoms with Crippen molar-refractivity contribution in [2.75, 3.05) is 0 Å². The summed E-state index contributed by atoms with van der Waals surface area (Å²) in [5, 5.41) is -4.68. The van der Waals surface area contributed by atoms with E-state index in [-0.39, 0.29) is 6.92 Å². The molecule has 0 unspecified atom stereocenters. The van der Waals surface area contributed by atoms with E-state index in [1.54, 1.807) is 0 Å². The Bertz CT molecular complexity index is 2610. The van der Waals surface area contributed by atoms with Gasteiger partial charge in [0.25, 0.3) is 0 Å². The lowest BCUT2D eigenvalue weighted by Crippen LogP contribution is -2.29. The SMILES string of the molecule is C/C(c1c(F)c(F)c(F)c(F)c1F)=c1/cc(-c2c(F)c(F)c(F)c(F)c2F)/c(=C(/c2c(F)c(F)c(F)c(F)c2F)C(F)(F)F)cc1-c1c(F)c(F)c(F)c(F)c1F. The minimum Gasteiger partial charge on any atom is -0.203 e. The quantitative estimate of drug-likeness (QED) is 0.0960. The second-order valence-corrected chi connectivity index (χ2v) is 11.2. The zero-order valence-electron chi connectivity index (χ0n) is 26.3. The van der Waals surface area contributed by atoms with Crippen LogP contribution in [0.3, 0.4) is 0 Å². The molecular weight excluding hydrogens is 845 g/mol. The zero-order chi connectivity index (χ0) is 43.2. The molecular formula is C34H5F23. The van der Waals surface area contributed by atoms with Gasteiger partial charge in [-0.25, -0.2) is 87.8 Å². The molecule has 57 heavy (non-hydrogen) atoms. The van der Waals surface area contributed by atoms with Crippen molar-refractivity contribution in [2.24, 2.45) is 0 Å². The number of alkyl halides is 3. The van der Waals surface area contributed by atoms with Crippen LogP contribution in [0.2, 0.25) is 0 Å². The average Bonchev–Trinajstić information content (AvgIpc) is 3.16. The van der Waals surface area contributed by atoms with Gasteiger partial charge < -0.3 is 0 Å². The van der Waals surface area contributed by atoms with E-state index in [4.69, 9.17) is 0 Å². The van der Waals surface area contributed by atoms with Gasteiger partial charge in [0.1, 0.15) is 0 Å². The molecule has 5 aromatic carbocycles. The van der Waals surface area contributed by atoms with Gasteiger partial charge in [0, 0.05) is 0 Å². The van der Waals surface area contributed by atoms with Gasteiger partial charge in [0.2, 0.25) is 23.3 Å². The summed E-state index contributed by atoms with van der Waals surface area (Å²) in [6.45, 7) is 0.0869. The highest BCUT2D eigenvalue weighted by Gasteiger charge is 2.43. The average molecular weight is 850 g/mol. The maximum atomic E-state index is 15.3. The predicted molar refractivity (Wildman–Crippen MR) is 145 cm³/mol. The lowest BCUT2D eigenvalue weighted by atomic mass is 9.88. The van der Waals surface area contributed by atoms with Crippen molar-refractivity contribution < 1.29 is 101 Å². The summed E-state index contributed by atoms with van der Waals surface area (Å²) in [6, 6.07) is -1.50. The highest BCUT2D eigenvalue weighted by Crippen LogP contribution is 2.40. The Hall–Kier alpha value is -5.77. The number of hydrogen-bond acceptors (Lipinski definition) is 0. The molecule has 0 N–H and O–H groups in total. The van der Waals surface area contributed by atoms with Crippen LogP contribution >= 0.6 is 0 Å². The molecule has 0 saturated carbocycles. The molecule has 5 aromatic rings. The van der Waals surface area contributed by atoms with Crippen LogP contribution in [0.1, 0.15) is 18.1 Å². The van der Waals surface area contributed by atoms with Crippen LogP contribution in [0, 0.1) is 116 Å². The van der Waals surface area contributed by atoms with Gasteiger partial charge in [-0.2, -0.15) is 13.2 Å². The Morgan fingerprint density at radius 3 is 0.842 bits per heavy atom. The van der Waals surface area contributed by atoms with Crippen LogP contribution in [0.4, 0.5) is 101 Å². The summed E-state index contributed by atoms with van der Waals surface area (Å²) >= 11 is 0. The van der Waals surface area contributed by atoms with E-state index in [1.807, 2.05) is 0 Å². The summed E-state index contributed by atoms with van der Waals surface area (Å²) in [5.74, 6) is -62.5. The second-order valence-electron chi connectivity index (χ2n) is 11.2. The normalized spacial score (nSPS) is 13.1. The van der Waals surface area contributed by atoms with E-state index in [0.29, 0.717) is 0 Å². The molecule has 0 aliphatic rings. The Kier molecular flexibility index (Phi) is 10.6. The first-order chi connectivity index (χ1) is 26.2. The highest BCUT2D eigenvalue weighted by molar-refractivity contribution is 5.83. The van der Waals surface area contributed by atoms with E-state index in [9.17, 15) is 65.9 Å². The minimum absolute atomic E-state index is 0.0869. The lowest BCUT2D eigenvalue weighted by Gasteiger charge is -2.20. The molecule has 0 aromatic heterocycles. The fourth-order valence-electron chi connectivity index (χ4n) is 5.54. The molecule has 0 atom stereocenters. The van der Waals surface area contributed by atoms with Crippen molar-refractivity contribution in [2.45, 2.75) is 13.1 Å². The Morgan fingerprint density at radius 2 is 0.544 bits per heavy atom. The molecule has 0 saturated heterocycles. The molecule has 23 heteroatoms. The van der Waals surface area contributed by atoms with Crippen molar-refractivity contribution in [3.05, 3.63) is 150 Å². The first-order valence-corrected chi connectivity index (χ1v) is 14.3. The van der Waals surface area contributed by atoms with Crippen LogP contribution in [0.15, 0.2) is 12.1 Å². The monoisotopic (exact) mass is 850 g/mol. The lowest BCUT2D eigenvalue weighted by molar-refractivity contribution is -0.0699. The van der Waals surface area contributed by atoms with Gasteiger partial charge in [0.05, 0.1) is 27.8 Å². The fraction of sp³-hybridized carbons (Fsp3) is 0.0588. The predicted octanol–water partition coefficient (Wildman–Crippen LogP) is 10.8.